The second-order valence-electron chi connectivity index (χ2n) is 8.54. The van der Waals surface area contributed by atoms with E-state index >= 15 is 8.78 Å². The number of hydrogen-bond donors (Lipinski definition) is 0. The minimum Gasteiger partial charge on any atom is -0.494 e. The van der Waals surface area contributed by atoms with Crippen molar-refractivity contribution in [3.05, 3.63) is 102 Å². The van der Waals surface area contributed by atoms with Crippen molar-refractivity contribution < 1.29 is 13.5 Å². The zero-order valence-electron chi connectivity index (χ0n) is 19.8. The first-order valence-corrected chi connectivity index (χ1v) is 12.0. The highest BCUT2D eigenvalue weighted by Gasteiger charge is 2.16. The summed E-state index contributed by atoms with van der Waals surface area (Å²) in [6.45, 7) is 4.92. The van der Waals surface area contributed by atoms with Gasteiger partial charge in [0.1, 0.15) is 5.75 Å². The zero-order valence-corrected chi connectivity index (χ0v) is 19.8. The average molecular weight is 457 g/mol. The summed E-state index contributed by atoms with van der Waals surface area (Å²) in [6.07, 6.45) is 4.23. The SMILES string of the molecule is CCCCOc1ccc(-c2ccc(-c3ccc(-c4ccc(CCC)cc4)cc3)c(F)c2F)cc1. The molecule has 0 aliphatic carbocycles. The summed E-state index contributed by atoms with van der Waals surface area (Å²) < 4.78 is 35.7. The Balaban J connectivity index is 1.53. The summed E-state index contributed by atoms with van der Waals surface area (Å²) >= 11 is 0. The van der Waals surface area contributed by atoms with Crippen LogP contribution < -0.4 is 4.74 Å². The predicted molar refractivity (Wildman–Crippen MR) is 137 cm³/mol. The second kappa shape index (κ2) is 11.1. The molecule has 4 rings (SSSR count). The molecule has 0 N–H and O–H groups in total. The first-order chi connectivity index (χ1) is 16.6. The Hall–Kier alpha value is -3.46. The number of aryl methyl sites for hydroxylation is 1. The Morgan fingerprint density at radius 1 is 0.559 bits per heavy atom. The van der Waals surface area contributed by atoms with Crippen molar-refractivity contribution in [3.8, 4) is 39.1 Å². The Morgan fingerprint density at radius 2 is 1.03 bits per heavy atom. The summed E-state index contributed by atoms with van der Waals surface area (Å²) in [5.41, 5.74) is 5.23. The van der Waals surface area contributed by atoms with Gasteiger partial charge in [0.2, 0.25) is 0 Å². The molecule has 1 nitrogen and oxygen atoms in total. The Labute approximate surface area is 201 Å². The van der Waals surface area contributed by atoms with E-state index in [2.05, 4.69) is 38.1 Å². The smallest absolute Gasteiger partial charge is 0.167 e. The van der Waals surface area contributed by atoms with Gasteiger partial charge in [0, 0.05) is 11.1 Å². The first-order valence-electron chi connectivity index (χ1n) is 12.0. The molecule has 0 atom stereocenters. The second-order valence-corrected chi connectivity index (χ2v) is 8.54. The summed E-state index contributed by atoms with van der Waals surface area (Å²) in [6, 6.07) is 26.5. The molecule has 0 heterocycles. The maximum Gasteiger partial charge on any atom is 0.167 e. The number of hydrogen-bond acceptors (Lipinski definition) is 1. The van der Waals surface area contributed by atoms with Gasteiger partial charge in [-0.1, -0.05) is 99.5 Å². The molecule has 0 aliphatic heterocycles. The zero-order chi connectivity index (χ0) is 23.9. The van der Waals surface area contributed by atoms with E-state index in [-0.39, 0.29) is 11.1 Å². The van der Waals surface area contributed by atoms with Crippen molar-refractivity contribution in [2.24, 2.45) is 0 Å². The lowest BCUT2D eigenvalue weighted by atomic mass is 9.96. The largest absolute Gasteiger partial charge is 0.494 e. The summed E-state index contributed by atoms with van der Waals surface area (Å²) in [4.78, 5) is 0. The first kappa shape index (κ1) is 23.7. The van der Waals surface area contributed by atoms with Crippen molar-refractivity contribution in [1.29, 1.82) is 0 Å². The Bertz CT molecular complexity index is 1210. The maximum atomic E-state index is 15.1. The molecule has 0 radical (unpaired) electrons. The van der Waals surface area contributed by atoms with Crippen LogP contribution in [0.3, 0.4) is 0 Å². The van der Waals surface area contributed by atoms with E-state index in [0.717, 1.165) is 42.6 Å². The predicted octanol–water partition coefficient (Wildman–Crippen LogP) is 9.10. The monoisotopic (exact) mass is 456 g/mol. The topological polar surface area (TPSA) is 9.23 Å². The third kappa shape index (κ3) is 5.36. The van der Waals surface area contributed by atoms with Gasteiger partial charge in [-0.15, -0.1) is 0 Å². The molecule has 0 aliphatic rings. The minimum absolute atomic E-state index is 0.241. The van der Waals surface area contributed by atoms with Crippen molar-refractivity contribution in [2.75, 3.05) is 6.61 Å². The lowest BCUT2D eigenvalue weighted by Gasteiger charge is -2.11. The lowest BCUT2D eigenvalue weighted by molar-refractivity contribution is 0.309. The van der Waals surface area contributed by atoms with E-state index in [0.29, 0.717) is 17.7 Å². The molecule has 4 aromatic carbocycles. The van der Waals surface area contributed by atoms with Gasteiger partial charge in [0.15, 0.2) is 11.6 Å². The Kier molecular flexibility index (Phi) is 7.74. The molecule has 0 unspecified atom stereocenters. The van der Waals surface area contributed by atoms with Crippen molar-refractivity contribution >= 4 is 0 Å². The van der Waals surface area contributed by atoms with Crippen molar-refractivity contribution in [2.45, 2.75) is 39.5 Å². The molecule has 34 heavy (non-hydrogen) atoms. The third-order valence-electron chi connectivity index (χ3n) is 6.04. The summed E-state index contributed by atoms with van der Waals surface area (Å²) in [5.74, 6) is -0.944. The van der Waals surface area contributed by atoms with Gasteiger partial charge in [-0.3, -0.25) is 0 Å². The van der Waals surface area contributed by atoms with E-state index in [1.807, 2.05) is 24.3 Å². The van der Waals surface area contributed by atoms with Gasteiger partial charge in [-0.05, 0) is 52.8 Å². The van der Waals surface area contributed by atoms with Crippen LogP contribution in [0.2, 0.25) is 0 Å². The van der Waals surface area contributed by atoms with Gasteiger partial charge in [-0.2, -0.15) is 0 Å². The summed E-state index contributed by atoms with van der Waals surface area (Å²) in [5, 5.41) is 0. The quantitative estimate of drug-likeness (QED) is 0.228. The van der Waals surface area contributed by atoms with Crippen LogP contribution in [0.4, 0.5) is 8.78 Å². The van der Waals surface area contributed by atoms with Crippen LogP contribution in [0.25, 0.3) is 33.4 Å². The molecular formula is C31H30F2O. The standard InChI is InChI=1S/C31H30F2O/c1-3-5-21-34-27-17-15-26(16-18-27)29-20-19-28(30(32)31(29)33)25-13-11-24(12-14-25)23-9-7-22(6-4-2)8-10-23/h7-20H,3-6,21H2,1-2H3. The van der Waals surface area contributed by atoms with Crippen LogP contribution in [0.15, 0.2) is 84.9 Å². The number of halogens is 2. The highest BCUT2D eigenvalue weighted by Crippen LogP contribution is 2.33. The molecule has 0 amide bonds. The number of benzene rings is 4. The number of ether oxygens (including phenoxy) is 1. The third-order valence-corrected chi connectivity index (χ3v) is 6.04. The van der Waals surface area contributed by atoms with Crippen LogP contribution in [-0.4, -0.2) is 6.61 Å². The summed E-state index contributed by atoms with van der Waals surface area (Å²) in [7, 11) is 0. The lowest BCUT2D eigenvalue weighted by Crippen LogP contribution is -1.97. The van der Waals surface area contributed by atoms with E-state index in [1.54, 1.807) is 36.4 Å². The van der Waals surface area contributed by atoms with Crippen LogP contribution in [0, 0.1) is 11.6 Å². The molecule has 0 bridgehead atoms. The van der Waals surface area contributed by atoms with Crippen LogP contribution >= 0.6 is 0 Å². The average Bonchev–Trinajstić information content (AvgIpc) is 2.87. The van der Waals surface area contributed by atoms with E-state index < -0.39 is 11.6 Å². The highest BCUT2D eigenvalue weighted by atomic mass is 19.2. The molecule has 0 aromatic heterocycles. The van der Waals surface area contributed by atoms with E-state index in [4.69, 9.17) is 4.74 Å². The molecule has 0 spiro atoms. The van der Waals surface area contributed by atoms with Gasteiger partial charge in [0.05, 0.1) is 6.61 Å². The fourth-order valence-corrected chi connectivity index (χ4v) is 4.06. The molecular weight excluding hydrogens is 426 g/mol. The van der Waals surface area contributed by atoms with Crippen molar-refractivity contribution in [3.63, 3.8) is 0 Å². The number of rotatable bonds is 9. The fraction of sp³-hybridized carbons (Fsp3) is 0.226. The van der Waals surface area contributed by atoms with Gasteiger partial charge >= 0.3 is 0 Å². The minimum atomic E-state index is -0.840. The van der Waals surface area contributed by atoms with Crippen LogP contribution in [0.5, 0.6) is 5.75 Å². The van der Waals surface area contributed by atoms with E-state index in [1.165, 1.54) is 5.56 Å². The van der Waals surface area contributed by atoms with Gasteiger partial charge in [0.25, 0.3) is 0 Å². The van der Waals surface area contributed by atoms with Crippen LogP contribution in [-0.2, 0) is 6.42 Å². The van der Waals surface area contributed by atoms with Crippen molar-refractivity contribution in [1.82, 2.24) is 0 Å². The van der Waals surface area contributed by atoms with Gasteiger partial charge < -0.3 is 4.74 Å². The fourth-order valence-electron chi connectivity index (χ4n) is 4.06. The van der Waals surface area contributed by atoms with Crippen LogP contribution in [0.1, 0.15) is 38.7 Å². The number of unbranched alkanes of at least 4 members (excludes halogenated alkanes) is 1. The molecule has 174 valence electrons. The highest BCUT2D eigenvalue weighted by molar-refractivity contribution is 5.74. The maximum absolute atomic E-state index is 15.1. The molecule has 0 saturated carbocycles. The molecule has 0 saturated heterocycles. The molecule has 0 fully saturated rings. The van der Waals surface area contributed by atoms with E-state index in [9.17, 15) is 0 Å². The van der Waals surface area contributed by atoms with Gasteiger partial charge in [-0.25, -0.2) is 8.78 Å². The normalized spacial score (nSPS) is 10.9. The molecule has 4 aromatic rings. The molecule has 3 heteroatoms. The Morgan fingerprint density at radius 3 is 1.53 bits per heavy atom.